The number of ether oxygens (including phenoxy) is 1. The van der Waals surface area contributed by atoms with Crippen molar-refractivity contribution in [1.82, 2.24) is 10.2 Å². The van der Waals surface area contributed by atoms with Crippen LogP contribution in [-0.2, 0) is 4.74 Å². The average molecular weight is 268 g/mol. The second-order valence-corrected chi connectivity index (χ2v) is 6.22. The van der Waals surface area contributed by atoms with Gasteiger partial charge in [-0.2, -0.15) is 0 Å². The summed E-state index contributed by atoms with van der Waals surface area (Å²) in [7, 11) is 4.30. The molecule has 18 heavy (non-hydrogen) atoms. The van der Waals surface area contributed by atoms with Crippen LogP contribution in [0.3, 0.4) is 0 Å². The zero-order chi connectivity index (χ0) is 12.8. The molecule has 2 heterocycles. The van der Waals surface area contributed by atoms with E-state index in [0.717, 1.165) is 26.3 Å². The van der Waals surface area contributed by atoms with Crippen molar-refractivity contribution in [1.29, 1.82) is 0 Å². The molecule has 3 nitrogen and oxygen atoms in total. The van der Waals surface area contributed by atoms with Crippen molar-refractivity contribution in [3.63, 3.8) is 0 Å². The molecular weight excluding hydrogens is 244 g/mol. The Morgan fingerprint density at radius 3 is 3.06 bits per heavy atom. The highest BCUT2D eigenvalue weighted by atomic mass is 32.1. The minimum Gasteiger partial charge on any atom is -0.381 e. The van der Waals surface area contributed by atoms with Crippen LogP contribution in [0.2, 0.25) is 0 Å². The Morgan fingerprint density at radius 2 is 2.44 bits per heavy atom. The molecule has 0 bridgehead atoms. The molecule has 4 heteroatoms. The first kappa shape index (κ1) is 14.0. The summed E-state index contributed by atoms with van der Waals surface area (Å²) in [6.07, 6.45) is 2.52. The zero-order valence-corrected chi connectivity index (χ0v) is 12.2. The van der Waals surface area contributed by atoms with Crippen LogP contribution >= 0.6 is 11.3 Å². The summed E-state index contributed by atoms with van der Waals surface area (Å²) in [5.41, 5.74) is 0. The molecule has 2 atom stereocenters. The van der Waals surface area contributed by atoms with E-state index >= 15 is 0 Å². The maximum absolute atomic E-state index is 5.51. The van der Waals surface area contributed by atoms with Crippen molar-refractivity contribution < 1.29 is 4.74 Å². The minimum absolute atomic E-state index is 0.481. The highest BCUT2D eigenvalue weighted by Gasteiger charge is 2.17. The van der Waals surface area contributed by atoms with Crippen LogP contribution in [0.5, 0.6) is 0 Å². The van der Waals surface area contributed by atoms with Crippen molar-refractivity contribution in [2.24, 2.45) is 5.92 Å². The van der Waals surface area contributed by atoms with Crippen LogP contribution < -0.4 is 5.32 Å². The van der Waals surface area contributed by atoms with E-state index in [1.807, 2.05) is 11.3 Å². The molecule has 1 N–H and O–H groups in total. The fourth-order valence-electron chi connectivity index (χ4n) is 2.41. The van der Waals surface area contributed by atoms with Gasteiger partial charge in [0, 0.05) is 24.6 Å². The van der Waals surface area contributed by atoms with Gasteiger partial charge in [0.1, 0.15) is 0 Å². The molecule has 2 rings (SSSR count). The van der Waals surface area contributed by atoms with Gasteiger partial charge >= 0.3 is 0 Å². The fraction of sp³-hybridized carbons (Fsp3) is 0.714. The van der Waals surface area contributed by atoms with Crippen LogP contribution in [-0.4, -0.2) is 45.3 Å². The minimum atomic E-state index is 0.481. The smallest absolute Gasteiger partial charge is 0.0561 e. The maximum atomic E-state index is 5.51. The number of nitrogens with zero attached hydrogens (tertiary/aromatic N) is 1. The summed E-state index contributed by atoms with van der Waals surface area (Å²) >= 11 is 1.84. The standard InChI is InChI=1S/C14H24N2OS/c1-16(2)13(14-6-4-8-18-14)10-15-9-12-5-3-7-17-11-12/h4,6,8,12-13,15H,3,5,7,9-11H2,1-2H3. The maximum Gasteiger partial charge on any atom is 0.0561 e. The van der Waals surface area contributed by atoms with E-state index in [9.17, 15) is 0 Å². The van der Waals surface area contributed by atoms with Gasteiger partial charge in [0.15, 0.2) is 0 Å². The largest absolute Gasteiger partial charge is 0.381 e. The van der Waals surface area contributed by atoms with E-state index in [1.165, 1.54) is 17.7 Å². The molecular formula is C14H24N2OS. The molecule has 0 aromatic carbocycles. The van der Waals surface area contributed by atoms with Crippen LogP contribution in [0, 0.1) is 5.92 Å². The monoisotopic (exact) mass is 268 g/mol. The highest BCUT2D eigenvalue weighted by molar-refractivity contribution is 7.10. The normalized spacial score (nSPS) is 22.3. The Morgan fingerprint density at radius 1 is 1.56 bits per heavy atom. The Hall–Kier alpha value is -0.420. The molecule has 1 aliphatic heterocycles. The van der Waals surface area contributed by atoms with Gasteiger partial charge in [0.25, 0.3) is 0 Å². The van der Waals surface area contributed by atoms with Crippen LogP contribution in [0.25, 0.3) is 0 Å². The first-order chi connectivity index (χ1) is 8.77. The van der Waals surface area contributed by atoms with Gasteiger partial charge in [-0.15, -0.1) is 11.3 Å². The number of rotatable bonds is 6. The van der Waals surface area contributed by atoms with Crippen molar-refractivity contribution in [3.05, 3.63) is 22.4 Å². The Labute approximate surface area is 114 Å². The highest BCUT2D eigenvalue weighted by Crippen LogP contribution is 2.22. The number of hydrogen-bond donors (Lipinski definition) is 1. The molecule has 0 spiro atoms. The van der Waals surface area contributed by atoms with E-state index in [4.69, 9.17) is 4.74 Å². The molecule has 1 fully saturated rings. The third-order valence-electron chi connectivity index (χ3n) is 3.52. The van der Waals surface area contributed by atoms with E-state index in [2.05, 4.69) is 41.8 Å². The predicted molar refractivity (Wildman–Crippen MR) is 77.2 cm³/mol. The number of nitrogens with one attached hydrogen (secondary N) is 1. The van der Waals surface area contributed by atoms with Gasteiger partial charge in [0.05, 0.1) is 12.6 Å². The van der Waals surface area contributed by atoms with Gasteiger partial charge < -0.3 is 15.0 Å². The molecule has 0 saturated carbocycles. The lowest BCUT2D eigenvalue weighted by Crippen LogP contribution is -2.35. The van der Waals surface area contributed by atoms with Crippen LogP contribution in [0.1, 0.15) is 23.8 Å². The summed E-state index contributed by atoms with van der Waals surface area (Å²) in [6.45, 7) is 3.98. The van der Waals surface area contributed by atoms with Crippen LogP contribution in [0.15, 0.2) is 17.5 Å². The van der Waals surface area contributed by atoms with Crippen molar-refractivity contribution in [3.8, 4) is 0 Å². The predicted octanol–water partition coefficient (Wildman–Crippen LogP) is 2.37. The quantitative estimate of drug-likeness (QED) is 0.857. The second kappa shape index (κ2) is 7.24. The fourth-order valence-corrected chi connectivity index (χ4v) is 3.33. The Bertz CT molecular complexity index is 321. The molecule has 2 unspecified atom stereocenters. The lowest BCUT2D eigenvalue weighted by molar-refractivity contribution is 0.0543. The average Bonchev–Trinajstić information content (AvgIpc) is 2.89. The third kappa shape index (κ3) is 4.05. The first-order valence-corrected chi connectivity index (χ1v) is 7.63. The summed E-state index contributed by atoms with van der Waals surface area (Å²) in [5.74, 6) is 0.699. The first-order valence-electron chi connectivity index (χ1n) is 6.75. The Balaban J connectivity index is 1.76. The topological polar surface area (TPSA) is 24.5 Å². The second-order valence-electron chi connectivity index (χ2n) is 5.24. The molecule has 0 aliphatic carbocycles. The molecule has 102 valence electrons. The van der Waals surface area contributed by atoms with E-state index in [1.54, 1.807) is 0 Å². The van der Waals surface area contributed by atoms with Crippen molar-refractivity contribution >= 4 is 11.3 Å². The summed E-state index contributed by atoms with van der Waals surface area (Å²) < 4.78 is 5.51. The van der Waals surface area contributed by atoms with Crippen molar-refractivity contribution in [2.45, 2.75) is 18.9 Å². The lowest BCUT2D eigenvalue weighted by atomic mass is 10.0. The molecule has 1 saturated heterocycles. The van der Waals surface area contributed by atoms with Gasteiger partial charge in [0.2, 0.25) is 0 Å². The molecule has 1 aromatic heterocycles. The van der Waals surface area contributed by atoms with Gasteiger partial charge in [-0.3, -0.25) is 0 Å². The zero-order valence-electron chi connectivity index (χ0n) is 11.4. The van der Waals surface area contributed by atoms with Gasteiger partial charge in [-0.1, -0.05) is 6.07 Å². The molecule has 1 aliphatic rings. The number of thiophene rings is 1. The summed E-state index contributed by atoms with van der Waals surface area (Å²) in [4.78, 5) is 3.73. The number of likely N-dealkylation sites (N-methyl/N-ethyl adjacent to an activating group) is 1. The van der Waals surface area contributed by atoms with Gasteiger partial charge in [-0.05, 0) is 44.3 Å². The van der Waals surface area contributed by atoms with E-state index < -0.39 is 0 Å². The number of hydrogen-bond acceptors (Lipinski definition) is 4. The molecule has 0 amide bonds. The van der Waals surface area contributed by atoms with Crippen molar-refractivity contribution in [2.75, 3.05) is 40.4 Å². The summed E-state index contributed by atoms with van der Waals surface area (Å²) in [6, 6.07) is 4.83. The van der Waals surface area contributed by atoms with Crippen LogP contribution in [0.4, 0.5) is 0 Å². The van der Waals surface area contributed by atoms with E-state index in [0.29, 0.717) is 12.0 Å². The lowest BCUT2D eigenvalue weighted by Gasteiger charge is -2.26. The third-order valence-corrected chi connectivity index (χ3v) is 4.49. The Kier molecular flexibility index (Phi) is 5.63. The molecule has 0 radical (unpaired) electrons. The molecule has 1 aromatic rings. The van der Waals surface area contributed by atoms with E-state index in [-0.39, 0.29) is 0 Å². The van der Waals surface area contributed by atoms with Gasteiger partial charge in [-0.25, -0.2) is 0 Å². The SMILES string of the molecule is CN(C)C(CNCC1CCCOC1)c1cccs1. The summed E-state index contributed by atoms with van der Waals surface area (Å²) in [5, 5.41) is 5.76.